The highest BCUT2D eigenvalue weighted by atomic mass is 32.2. The van der Waals surface area contributed by atoms with E-state index in [-0.39, 0.29) is 22.9 Å². The Balaban J connectivity index is 1.97. The van der Waals surface area contributed by atoms with Gasteiger partial charge >= 0.3 is 0 Å². The molecule has 29 heavy (non-hydrogen) atoms. The average molecular weight is 424 g/mol. The topological polar surface area (TPSA) is 70.2 Å². The normalized spacial score (nSPS) is 24.8. The summed E-state index contributed by atoms with van der Waals surface area (Å²) in [6.45, 7) is 7.86. The summed E-state index contributed by atoms with van der Waals surface area (Å²) < 4.78 is 34.9. The van der Waals surface area contributed by atoms with Crippen molar-refractivity contribution in [1.29, 1.82) is 0 Å². The van der Waals surface area contributed by atoms with Crippen molar-refractivity contribution < 1.29 is 17.9 Å². The first kappa shape index (κ1) is 22.1. The van der Waals surface area contributed by atoms with E-state index in [1.807, 2.05) is 44.7 Å². The Hall–Kier alpha value is -1.64. The number of carbonyl (C=O) groups excluding carboxylic acids is 1. The molecule has 2 aliphatic rings. The molecule has 0 aliphatic carbocycles. The van der Waals surface area contributed by atoms with Gasteiger partial charge in [0.2, 0.25) is 15.9 Å². The minimum atomic E-state index is -3.69. The van der Waals surface area contributed by atoms with Gasteiger partial charge in [-0.25, -0.2) is 8.42 Å². The Morgan fingerprint density at radius 3 is 2.48 bits per heavy atom. The maximum Gasteiger partial charge on any atom is 0.247 e. The van der Waals surface area contributed by atoms with Crippen LogP contribution in [-0.4, -0.2) is 80.9 Å². The van der Waals surface area contributed by atoms with Crippen molar-refractivity contribution in [2.75, 3.05) is 40.3 Å². The van der Waals surface area contributed by atoms with Crippen molar-refractivity contribution in [1.82, 2.24) is 14.1 Å². The molecule has 8 heteroatoms. The van der Waals surface area contributed by atoms with Gasteiger partial charge in [0.15, 0.2) is 0 Å². The third kappa shape index (κ3) is 4.59. The van der Waals surface area contributed by atoms with Crippen LogP contribution in [0.4, 0.5) is 0 Å². The van der Waals surface area contributed by atoms with Gasteiger partial charge in [0.1, 0.15) is 16.7 Å². The van der Waals surface area contributed by atoms with Crippen LogP contribution in [0.5, 0.6) is 5.75 Å². The molecule has 0 unspecified atom stereocenters. The summed E-state index contributed by atoms with van der Waals surface area (Å²) >= 11 is 0. The molecular weight excluding hydrogens is 390 g/mol. The number of likely N-dealkylation sites (N-methyl/N-ethyl adjacent to an activating group) is 1. The number of amides is 1. The van der Waals surface area contributed by atoms with Crippen LogP contribution in [0.2, 0.25) is 0 Å². The highest BCUT2D eigenvalue weighted by molar-refractivity contribution is 7.89. The molecule has 3 rings (SSSR count). The summed E-state index contributed by atoms with van der Waals surface area (Å²) in [6.07, 6.45) is 0.885. The molecule has 0 aromatic heterocycles. The number of hydrogen-bond acceptors (Lipinski definition) is 5. The second-order valence-electron chi connectivity index (χ2n) is 9.21. The van der Waals surface area contributed by atoms with Crippen LogP contribution in [0.25, 0.3) is 0 Å². The average Bonchev–Trinajstić information content (AvgIpc) is 2.87. The van der Waals surface area contributed by atoms with Crippen molar-refractivity contribution in [3.63, 3.8) is 0 Å². The van der Waals surface area contributed by atoms with E-state index in [1.54, 1.807) is 28.6 Å². The summed E-state index contributed by atoms with van der Waals surface area (Å²) in [6, 6.07) is 6.57. The molecule has 0 radical (unpaired) electrons. The van der Waals surface area contributed by atoms with Crippen LogP contribution >= 0.6 is 0 Å². The fraction of sp³-hybridized carbons (Fsp3) is 0.667. The van der Waals surface area contributed by atoms with E-state index in [4.69, 9.17) is 4.74 Å². The van der Waals surface area contributed by atoms with E-state index < -0.39 is 15.4 Å². The SMILES string of the molecule is CN(C)CCN1[C@@H]2CCN(C(=O)C(C)(C)C)CC[C@@H]2Oc2ccccc2S1(=O)=O. The Morgan fingerprint density at radius 1 is 1.17 bits per heavy atom. The molecule has 0 N–H and O–H groups in total. The van der Waals surface area contributed by atoms with E-state index >= 15 is 0 Å². The Bertz CT molecular complexity index is 848. The highest BCUT2D eigenvalue weighted by Gasteiger charge is 2.44. The van der Waals surface area contributed by atoms with Crippen LogP contribution in [0, 0.1) is 5.41 Å². The van der Waals surface area contributed by atoms with E-state index in [0.717, 1.165) is 0 Å². The first-order valence-corrected chi connectivity index (χ1v) is 11.7. The second kappa shape index (κ2) is 8.24. The van der Waals surface area contributed by atoms with Crippen LogP contribution < -0.4 is 4.74 Å². The van der Waals surface area contributed by atoms with E-state index in [9.17, 15) is 13.2 Å². The molecule has 0 saturated carbocycles. The Labute approximate surface area is 174 Å². The Morgan fingerprint density at radius 2 is 1.83 bits per heavy atom. The number of ether oxygens (including phenoxy) is 1. The molecule has 7 nitrogen and oxygen atoms in total. The minimum absolute atomic E-state index is 0.0945. The summed E-state index contributed by atoms with van der Waals surface area (Å²) in [7, 11) is 0.178. The van der Waals surface area contributed by atoms with Crippen molar-refractivity contribution in [2.45, 2.75) is 50.7 Å². The third-order valence-corrected chi connectivity index (χ3v) is 7.55. The molecule has 1 aromatic rings. The Kier molecular flexibility index (Phi) is 6.27. The number of benzene rings is 1. The van der Waals surface area contributed by atoms with Gasteiger partial charge in [-0.2, -0.15) is 4.31 Å². The van der Waals surface area contributed by atoms with Gasteiger partial charge in [-0.1, -0.05) is 32.9 Å². The summed E-state index contributed by atoms with van der Waals surface area (Å²) in [5, 5.41) is 0. The number of para-hydroxylation sites is 1. The van der Waals surface area contributed by atoms with Gasteiger partial charge < -0.3 is 14.5 Å². The monoisotopic (exact) mass is 423 g/mol. The lowest BCUT2D eigenvalue weighted by atomic mass is 9.94. The predicted octanol–water partition coefficient (Wildman–Crippen LogP) is 2.04. The maximum absolute atomic E-state index is 13.5. The molecule has 2 atom stereocenters. The van der Waals surface area contributed by atoms with E-state index in [1.165, 1.54) is 0 Å². The number of rotatable bonds is 3. The smallest absolute Gasteiger partial charge is 0.247 e. The first-order valence-electron chi connectivity index (χ1n) is 10.2. The largest absolute Gasteiger partial charge is 0.487 e. The number of likely N-dealkylation sites (tertiary alicyclic amines) is 1. The molecule has 2 heterocycles. The number of fused-ring (bicyclic) bond motifs is 2. The van der Waals surface area contributed by atoms with Crippen LogP contribution in [0.1, 0.15) is 33.6 Å². The lowest BCUT2D eigenvalue weighted by Gasteiger charge is -2.32. The first-order chi connectivity index (χ1) is 13.5. The van der Waals surface area contributed by atoms with Crippen LogP contribution in [0.3, 0.4) is 0 Å². The standard InChI is InChI=1S/C21H33N3O4S/c1-21(2,3)20(25)23-12-10-16-17(11-13-23)28-18-8-6-7-9-19(18)29(26,27)24(16)15-14-22(4)5/h6-9,16-17H,10-15H2,1-5H3/t16-,17+/m1/s1. The second-order valence-corrected chi connectivity index (χ2v) is 11.1. The van der Waals surface area contributed by atoms with E-state index in [0.29, 0.717) is 44.8 Å². The third-order valence-electron chi connectivity index (χ3n) is 5.59. The van der Waals surface area contributed by atoms with Gasteiger partial charge in [-0.05, 0) is 32.6 Å². The van der Waals surface area contributed by atoms with Gasteiger partial charge in [0.05, 0.1) is 6.04 Å². The molecule has 1 fully saturated rings. The van der Waals surface area contributed by atoms with E-state index in [2.05, 4.69) is 0 Å². The van der Waals surface area contributed by atoms with Crippen molar-refractivity contribution in [2.24, 2.45) is 5.41 Å². The molecule has 0 bridgehead atoms. The molecule has 162 valence electrons. The van der Waals surface area contributed by atoms with Gasteiger partial charge in [-0.3, -0.25) is 4.79 Å². The molecule has 1 amide bonds. The number of carbonyl (C=O) groups is 1. The van der Waals surface area contributed by atoms with Crippen LogP contribution in [-0.2, 0) is 14.8 Å². The zero-order valence-corrected chi connectivity index (χ0v) is 18.9. The van der Waals surface area contributed by atoms with Crippen LogP contribution in [0.15, 0.2) is 29.2 Å². The molecule has 0 spiro atoms. The van der Waals surface area contributed by atoms with Crippen molar-refractivity contribution in [3.8, 4) is 5.75 Å². The van der Waals surface area contributed by atoms with Gasteiger partial charge in [-0.15, -0.1) is 0 Å². The minimum Gasteiger partial charge on any atom is -0.487 e. The summed E-state index contributed by atoms with van der Waals surface area (Å²) in [5.74, 6) is 0.502. The molecule has 1 saturated heterocycles. The zero-order chi connectivity index (χ0) is 21.4. The number of hydrogen-bond donors (Lipinski definition) is 0. The predicted molar refractivity (Wildman–Crippen MR) is 112 cm³/mol. The fourth-order valence-corrected chi connectivity index (χ4v) is 5.81. The molecular formula is C21H33N3O4S. The summed E-state index contributed by atoms with van der Waals surface area (Å²) in [4.78, 5) is 16.9. The van der Waals surface area contributed by atoms with Gasteiger partial charge in [0.25, 0.3) is 0 Å². The maximum atomic E-state index is 13.5. The van der Waals surface area contributed by atoms with Crippen molar-refractivity contribution >= 4 is 15.9 Å². The number of nitrogens with zero attached hydrogens (tertiary/aromatic N) is 3. The number of sulfonamides is 1. The van der Waals surface area contributed by atoms with Crippen molar-refractivity contribution in [3.05, 3.63) is 24.3 Å². The molecule has 2 aliphatic heterocycles. The summed E-state index contributed by atoms with van der Waals surface area (Å²) in [5.41, 5.74) is -0.462. The fourth-order valence-electron chi connectivity index (χ4n) is 4.02. The molecule has 1 aromatic carbocycles. The lowest BCUT2D eigenvalue weighted by Crippen LogP contribution is -2.49. The lowest BCUT2D eigenvalue weighted by molar-refractivity contribution is -0.139. The zero-order valence-electron chi connectivity index (χ0n) is 18.1. The highest BCUT2D eigenvalue weighted by Crippen LogP contribution is 2.36. The quantitative estimate of drug-likeness (QED) is 0.744. The van der Waals surface area contributed by atoms with Gasteiger partial charge in [0, 0.05) is 38.0 Å².